The summed E-state index contributed by atoms with van der Waals surface area (Å²) in [6, 6.07) is 7.80. The van der Waals surface area contributed by atoms with Crippen LogP contribution in [0.2, 0.25) is 0 Å². The predicted molar refractivity (Wildman–Crippen MR) is 73.6 cm³/mol. The van der Waals surface area contributed by atoms with Crippen molar-refractivity contribution in [2.24, 2.45) is 7.05 Å². The van der Waals surface area contributed by atoms with E-state index in [1.165, 1.54) is 0 Å². The highest BCUT2D eigenvalue weighted by Gasteiger charge is 2.12. The van der Waals surface area contributed by atoms with Gasteiger partial charge in [-0.05, 0) is 31.0 Å². The molecule has 0 aliphatic rings. The van der Waals surface area contributed by atoms with Crippen LogP contribution in [0.15, 0.2) is 30.5 Å². The van der Waals surface area contributed by atoms with E-state index in [1.807, 2.05) is 38.2 Å². The van der Waals surface area contributed by atoms with Crippen molar-refractivity contribution in [3.05, 3.63) is 47.3 Å². The minimum atomic E-state index is 0.140. The predicted octanol–water partition coefficient (Wildman–Crippen LogP) is 2.55. The first kappa shape index (κ1) is 13.3. The van der Waals surface area contributed by atoms with E-state index in [1.54, 1.807) is 18.0 Å². The van der Waals surface area contributed by atoms with Crippen molar-refractivity contribution in [2.75, 3.05) is 7.11 Å². The molecule has 0 saturated heterocycles. The Balaban J connectivity index is 1.98. The molecule has 4 heteroatoms. The van der Waals surface area contributed by atoms with E-state index in [-0.39, 0.29) is 5.78 Å². The Morgan fingerprint density at radius 1 is 1.32 bits per heavy atom. The Morgan fingerprint density at radius 3 is 2.53 bits per heavy atom. The lowest BCUT2D eigenvalue weighted by Crippen LogP contribution is -2.01. The second-order valence-electron chi connectivity index (χ2n) is 4.57. The van der Waals surface area contributed by atoms with Gasteiger partial charge in [0.1, 0.15) is 5.75 Å². The molecule has 4 nitrogen and oxygen atoms in total. The molecule has 0 aliphatic carbocycles. The third-order valence-electron chi connectivity index (χ3n) is 3.11. The zero-order valence-corrected chi connectivity index (χ0v) is 11.5. The maximum absolute atomic E-state index is 12.1. The van der Waals surface area contributed by atoms with E-state index in [2.05, 4.69) is 5.10 Å². The number of ketones is 1. The van der Waals surface area contributed by atoms with Crippen molar-refractivity contribution in [1.82, 2.24) is 9.78 Å². The molecule has 0 aliphatic heterocycles. The third kappa shape index (κ3) is 3.22. The Labute approximate surface area is 113 Å². The lowest BCUT2D eigenvalue weighted by molar-refractivity contribution is 0.0982. The zero-order chi connectivity index (χ0) is 13.8. The number of aromatic nitrogens is 2. The van der Waals surface area contributed by atoms with Crippen LogP contribution in [0, 0.1) is 6.92 Å². The van der Waals surface area contributed by atoms with E-state index in [0.717, 1.165) is 29.0 Å². The number of nitrogens with zero attached hydrogens (tertiary/aromatic N) is 2. The molecule has 1 aromatic carbocycles. The maximum atomic E-state index is 12.1. The zero-order valence-electron chi connectivity index (χ0n) is 11.5. The summed E-state index contributed by atoms with van der Waals surface area (Å²) < 4.78 is 6.78. The summed E-state index contributed by atoms with van der Waals surface area (Å²) in [6.45, 7) is 1.86. The van der Waals surface area contributed by atoms with E-state index in [4.69, 9.17) is 4.74 Å². The number of hydrogen-bond donors (Lipinski definition) is 0. The Hall–Kier alpha value is -2.10. The number of hydrogen-bond acceptors (Lipinski definition) is 3. The molecule has 0 saturated carbocycles. The average Bonchev–Trinajstić information content (AvgIpc) is 2.75. The van der Waals surface area contributed by atoms with Gasteiger partial charge in [0.15, 0.2) is 5.78 Å². The van der Waals surface area contributed by atoms with Crippen molar-refractivity contribution in [3.63, 3.8) is 0 Å². The van der Waals surface area contributed by atoms with Gasteiger partial charge >= 0.3 is 0 Å². The highest BCUT2D eigenvalue weighted by molar-refractivity contribution is 5.96. The molecule has 0 bridgehead atoms. The van der Waals surface area contributed by atoms with Crippen LogP contribution < -0.4 is 4.74 Å². The third-order valence-corrected chi connectivity index (χ3v) is 3.11. The van der Waals surface area contributed by atoms with Gasteiger partial charge in [-0.25, -0.2) is 0 Å². The highest BCUT2D eigenvalue weighted by Crippen LogP contribution is 2.14. The van der Waals surface area contributed by atoms with E-state index < -0.39 is 0 Å². The standard InChI is InChI=1S/C15H18N2O2/c1-11-14(10-17(2)16-11)15(18)9-6-12-4-7-13(19-3)8-5-12/h4-5,7-8,10H,6,9H2,1-3H3. The summed E-state index contributed by atoms with van der Waals surface area (Å²) in [5, 5.41) is 4.19. The molecule has 0 radical (unpaired) electrons. The minimum Gasteiger partial charge on any atom is -0.497 e. The fourth-order valence-corrected chi connectivity index (χ4v) is 2.06. The van der Waals surface area contributed by atoms with Gasteiger partial charge in [-0.3, -0.25) is 9.48 Å². The van der Waals surface area contributed by atoms with Crippen LogP contribution in [-0.2, 0) is 13.5 Å². The van der Waals surface area contributed by atoms with Gasteiger partial charge in [0.2, 0.25) is 0 Å². The van der Waals surface area contributed by atoms with Gasteiger partial charge in [0, 0.05) is 19.7 Å². The lowest BCUT2D eigenvalue weighted by atomic mass is 10.0. The number of benzene rings is 1. The van der Waals surface area contributed by atoms with Crippen molar-refractivity contribution in [3.8, 4) is 5.75 Å². The number of carbonyl (C=O) groups excluding carboxylic acids is 1. The van der Waals surface area contributed by atoms with Crippen LogP contribution in [0.4, 0.5) is 0 Å². The molecule has 1 heterocycles. The smallest absolute Gasteiger partial charge is 0.166 e. The molecule has 1 aromatic heterocycles. The van der Waals surface area contributed by atoms with Crippen molar-refractivity contribution in [2.45, 2.75) is 19.8 Å². The summed E-state index contributed by atoms with van der Waals surface area (Å²) in [7, 11) is 3.47. The number of Topliss-reactive ketones (excluding diaryl/α,β-unsaturated/α-hetero) is 1. The quantitative estimate of drug-likeness (QED) is 0.774. The van der Waals surface area contributed by atoms with Crippen LogP contribution in [-0.4, -0.2) is 22.7 Å². The maximum Gasteiger partial charge on any atom is 0.166 e. The monoisotopic (exact) mass is 258 g/mol. The molecule has 2 rings (SSSR count). The topological polar surface area (TPSA) is 44.1 Å². The lowest BCUT2D eigenvalue weighted by Gasteiger charge is -2.03. The molecule has 0 fully saturated rings. The molecule has 2 aromatic rings. The van der Waals surface area contributed by atoms with E-state index >= 15 is 0 Å². The van der Waals surface area contributed by atoms with Crippen LogP contribution >= 0.6 is 0 Å². The summed E-state index contributed by atoms with van der Waals surface area (Å²) in [5.41, 5.74) is 2.65. The first-order valence-corrected chi connectivity index (χ1v) is 6.26. The minimum absolute atomic E-state index is 0.140. The van der Waals surface area contributed by atoms with Crippen LogP contribution in [0.1, 0.15) is 28.0 Å². The number of methoxy groups -OCH3 is 1. The van der Waals surface area contributed by atoms with Gasteiger partial charge in [-0.15, -0.1) is 0 Å². The molecular weight excluding hydrogens is 240 g/mol. The summed E-state index contributed by atoms with van der Waals surface area (Å²) in [5.74, 6) is 0.972. The number of rotatable bonds is 5. The van der Waals surface area contributed by atoms with Crippen molar-refractivity contribution < 1.29 is 9.53 Å². The molecular formula is C15H18N2O2. The van der Waals surface area contributed by atoms with Crippen molar-refractivity contribution >= 4 is 5.78 Å². The van der Waals surface area contributed by atoms with Gasteiger partial charge in [-0.1, -0.05) is 12.1 Å². The first-order valence-electron chi connectivity index (χ1n) is 6.26. The fourth-order valence-electron chi connectivity index (χ4n) is 2.06. The Morgan fingerprint density at radius 2 is 2.00 bits per heavy atom. The second-order valence-corrected chi connectivity index (χ2v) is 4.57. The molecule has 0 amide bonds. The Kier molecular flexibility index (Phi) is 4.00. The normalized spacial score (nSPS) is 10.5. The largest absolute Gasteiger partial charge is 0.497 e. The second kappa shape index (κ2) is 5.69. The van der Waals surface area contributed by atoms with Crippen LogP contribution in [0.25, 0.3) is 0 Å². The molecule has 0 spiro atoms. The van der Waals surface area contributed by atoms with Crippen LogP contribution in [0.5, 0.6) is 5.75 Å². The van der Waals surface area contributed by atoms with Gasteiger partial charge in [0.25, 0.3) is 0 Å². The molecule has 19 heavy (non-hydrogen) atoms. The number of ether oxygens (including phenoxy) is 1. The van der Waals surface area contributed by atoms with E-state index in [9.17, 15) is 4.79 Å². The number of carbonyl (C=O) groups is 1. The van der Waals surface area contributed by atoms with Gasteiger partial charge in [0.05, 0.1) is 18.4 Å². The summed E-state index contributed by atoms with van der Waals surface area (Å²) in [4.78, 5) is 12.1. The molecule has 100 valence electrons. The fraction of sp³-hybridized carbons (Fsp3) is 0.333. The first-order chi connectivity index (χ1) is 9.10. The summed E-state index contributed by atoms with van der Waals surface area (Å²) in [6.07, 6.45) is 3.02. The molecule has 0 atom stereocenters. The number of aryl methyl sites for hydroxylation is 3. The Bertz CT molecular complexity index is 570. The van der Waals surface area contributed by atoms with Crippen LogP contribution in [0.3, 0.4) is 0 Å². The van der Waals surface area contributed by atoms with Crippen molar-refractivity contribution in [1.29, 1.82) is 0 Å². The van der Waals surface area contributed by atoms with E-state index in [0.29, 0.717) is 6.42 Å². The molecule has 0 N–H and O–H groups in total. The highest BCUT2D eigenvalue weighted by atomic mass is 16.5. The summed E-state index contributed by atoms with van der Waals surface area (Å²) >= 11 is 0. The SMILES string of the molecule is COc1ccc(CCC(=O)c2cn(C)nc2C)cc1. The van der Waals surface area contributed by atoms with Gasteiger partial charge < -0.3 is 4.74 Å². The molecule has 0 unspecified atom stereocenters. The average molecular weight is 258 g/mol. The van der Waals surface area contributed by atoms with Gasteiger partial charge in [-0.2, -0.15) is 5.10 Å².